The second kappa shape index (κ2) is 71.3. The SMILES string of the molecule is CC/C=C\C/C=C\C/C=C\CCCCCCCC(=O)OCC(COC(=O)CCCCCCCCCCCCCCCCC/C=C\CCCCCCCCCC)OC(=O)CCCCCCCCCCCCC/C=C\C/C=C\CCCCCCC. The third-order valence-electron chi connectivity index (χ3n) is 16.2. The van der Waals surface area contributed by atoms with Crippen LogP contribution in [0.3, 0.4) is 0 Å². The molecule has 0 aliphatic carbocycles. The molecule has 0 spiro atoms. The number of hydrogen-bond acceptors (Lipinski definition) is 6. The number of rotatable bonds is 67. The molecule has 0 aromatic rings. The summed E-state index contributed by atoms with van der Waals surface area (Å²) in [6.07, 6.45) is 93.7. The van der Waals surface area contributed by atoms with Crippen molar-refractivity contribution in [3.05, 3.63) is 72.9 Å². The maximum atomic E-state index is 13.0. The van der Waals surface area contributed by atoms with Gasteiger partial charge in [-0.1, -0.05) is 325 Å². The van der Waals surface area contributed by atoms with Crippen LogP contribution in [-0.4, -0.2) is 37.2 Å². The lowest BCUT2D eigenvalue weighted by atomic mass is 10.0. The molecule has 0 saturated heterocycles. The second-order valence-electron chi connectivity index (χ2n) is 24.5. The number of allylic oxidation sites excluding steroid dienone is 12. The quantitative estimate of drug-likeness (QED) is 0.0261. The van der Waals surface area contributed by atoms with Gasteiger partial charge in [-0.2, -0.15) is 0 Å². The Morgan fingerprint density at radius 1 is 0.253 bits per heavy atom. The number of ether oxygens (including phenoxy) is 3. The molecular formula is C77H138O6. The third-order valence-corrected chi connectivity index (χ3v) is 16.2. The Bertz CT molecular complexity index is 1520. The minimum atomic E-state index is -0.785. The van der Waals surface area contributed by atoms with Crippen molar-refractivity contribution in [2.75, 3.05) is 13.2 Å². The van der Waals surface area contributed by atoms with Crippen molar-refractivity contribution in [2.24, 2.45) is 0 Å². The summed E-state index contributed by atoms with van der Waals surface area (Å²) >= 11 is 0. The van der Waals surface area contributed by atoms with Crippen molar-refractivity contribution in [1.82, 2.24) is 0 Å². The van der Waals surface area contributed by atoms with E-state index in [1.165, 1.54) is 238 Å². The van der Waals surface area contributed by atoms with Crippen LogP contribution in [0.4, 0.5) is 0 Å². The summed E-state index contributed by atoms with van der Waals surface area (Å²) in [7, 11) is 0. The first-order valence-electron chi connectivity index (χ1n) is 36.4. The largest absolute Gasteiger partial charge is 0.462 e. The first-order valence-corrected chi connectivity index (χ1v) is 36.4. The first-order chi connectivity index (χ1) is 41.0. The van der Waals surface area contributed by atoms with Crippen LogP contribution in [0.15, 0.2) is 72.9 Å². The van der Waals surface area contributed by atoms with Gasteiger partial charge in [0.2, 0.25) is 0 Å². The van der Waals surface area contributed by atoms with Crippen molar-refractivity contribution in [3.63, 3.8) is 0 Å². The van der Waals surface area contributed by atoms with Crippen molar-refractivity contribution in [1.29, 1.82) is 0 Å². The number of carbonyl (C=O) groups excluding carboxylic acids is 3. The van der Waals surface area contributed by atoms with Crippen LogP contribution in [0.2, 0.25) is 0 Å². The van der Waals surface area contributed by atoms with Gasteiger partial charge in [-0.3, -0.25) is 14.4 Å². The van der Waals surface area contributed by atoms with E-state index in [4.69, 9.17) is 14.2 Å². The zero-order valence-corrected chi connectivity index (χ0v) is 55.5. The Hall–Kier alpha value is -3.15. The lowest BCUT2D eigenvalue weighted by Gasteiger charge is -2.18. The molecule has 0 amide bonds. The molecule has 0 rings (SSSR count). The molecule has 0 heterocycles. The van der Waals surface area contributed by atoms with E-state index in [0.717, 1.165) is 103 Å². The van der Waals surface area contributed by atoms with E-state index in [1.54, 1.807) is 0 Å². The maximum Gasteiger partial charge on any atom is 0.306 e. The molecule has 0 aromatic heterocycles. The Morgan fingerprint density at radius 2 is 0.470 bits per heavy atom. The van der Waals surface area contributed by atoms with Gasteiger partial charge >= 0.3 is 17.9 Å². The highest BCUT2D eigenvalue weighted by Gasteiger charge is 2.19. The monoisotopic (exact) mass is 1160 g/mol. The van der Waals surface area contributed by atoms with Crippen LogP contribution in [0, 0.1) is 0 Å². The van der Waals surface area contributed by atoms with E-state index in [-0.39, 0.29) is 31.1 Å². The summed E-state index contributed by atoms with van der Waals surface area (Å²) in [4.78, 5) is 38.5. The molecule has 482 valence electrons. The van der Waals surface area contributed by atoms with Crippen LogP contribution in [-0.2, 0) is 28.6 Å². The van der Waals surface area contributed by atoms with Crippen molar-refractivity contribution >= 4 is 17.9 Å². The van der Waals surface area contributed by atoms with Gasteiger partial charge in [-0.05, 0) is 109 Å². The molecule has 0 aliphatic heterocycles. The molecule has 1 unspecified atom stereocenters. The summed E-state index contributed by atoms with van der Waals surface area (Å²) in [6, 6.07) is 0. The predicted octanol–water partition coefficient (Wildman–Crippen LogP) is 25.2. The van der Waals surface area contributed by atoms with Gasteiger partial charge in [0, 0.05) is 19.3 Å². The highest BCUT2D eigenvalue weighted by Crippen LogP contribution is 2.18. The smallest absolute Gasteiger partial charge is 0.306 e. The standard InChI is InChI=1S/C77H138O6/c1-4-7-10-13-16-19-22-25-28-30-32-34-36-37-38-39-41-42-44-46-49-52-55-58-61-64-67-70-76(79)82-73-74(72-81-75(78)69-66-63-60-57-54-51-48-27-24-21-18-15-12-9-6-3)83-77(80)71-68-65-62-59-56-53-50-47-45-43-40-35-33-31-29-26-23-20-17-14-11-8-5-2/h9,12,18,21,23,26-27,30-33,48,74H,4-8,10-11,13-17,19-20,22,24-25,28-29,34-47,49-73H2,1-3H3/b12-9-,21-18-,26-23-,32-30-,33-31-,48-27-. The van der Waals surface area contributed by atoms with E-state index in [9.17, 15) is 14.4 Å². The molecule has 0 saturated carbocycles. The molecular weight excluding hydrogens is 1020 g/mol. The highest BCUT2D eigenvalue weighted by molar-refractivity contribution is 5.71. The fourth-order valence-electron chi connectivity index (χ4n) is 10.7. The van der Waals surface area contributed by atoms with Crippen LogP contribution in [0.25, 0.3) is 0 Å². The van der Waals surface area contributed by atoms with Crippen LogP contribution in [0.5, 0.6) is 0 Å². The van der Waals surface area contributed by atoms with Gasteiger partial charge in [0.25, 0.3) is 0 Å². The molecule has 0 fully saturated rings. The van der Waals surface area contributed by atoms with Gasteiger partial charge in [0.15, 0.2) is 6.10 Å². The number of hydrogen-bond donors (Lipinski definition) is 0. The number of esters is 3. The Kier molecular flexibility index (Phi) is 68.6. The molecule has 6 heteroatoms. The molecule has 0 bridgehead atoms. The summed E-state index contributed by atoms with van der Waals surface area (Å²) in [5, 5.41) is 0. The molecule has 1 atom stereocenters. The molecule has 0 radical (unpaired) electrons. The molecule has 6 nitrogen and oxygen atoms in total. The average molecular weight is 1160 g/mol. The van der Waals surface area contributed by atoms with Crippen LogP contribution in [0.1, 0.15) is 380 Å². The summed E-state index contributed by atoms with van der Waals surface area (Å²) < 4.78 is 17.0. The molecule has 0 aliphatic rings. The normalized spacial score (nSPS) is 12.5. The first kappa shape index (κ1) is 79.8. The Labute approximate surface area is 516 Å². The minimum absolute atomic E-state index is 0.0789. The van der Waals surface area contributed by atoms with Gasteiger partial charge in [0.1, 0.15) is 13.2 Å². The van der Waals surface area contributed by atoms with E-state index >= 15 is 0 Å². The molecule has 0 aromatic carbocycles. The fourth-order valence-corrected chi connectivity index (χ4v) is 10.7. The third kappa shape index (κ3) is 69.5. The van der Waals surface area contributed by atoms with Crippen molar-refractivity contribution < 1.29 is 28.6 Å². The number of unbranched alkanes of at least 4 members (excludes halogenated alkanes) is 44. The van der Waals surface area contributed by atoms with Gasteiger partial charge in [-0.25, -0.2) is 0 Å². The predicted molar refractivity (Wildman–Crippen MR) is 362 cm³/mol. The van der Waals surface area contributed by atoms with Gasteiger partial charge < -0.3 is 14.2 Å². The van der Waals surface area contributed by atoms with E-state index in [2.05, 4.69) is 93.7 Å². The topological polar surface area (TPSA) is 78.9 Å². The Balaban J connectivity index is 4.28. The maximum absolute atomic E-state index is 13.0. The Morgan fingerprint density at radius 3 is 0.747 bits per heavy atom. The van der Waals surface area contributed by atoms with Crippen LogP contribution >= 0.6 is 0 Å². The molecule has 0 N–H and O–H groups in total. The van der Waals surface area contributed by atoms with Crippen molar-refractivity contribution in [3.8, 4) is 0 Å². The zero-order chi connectivity index (χ0) is 59.9. The summed E-state index contributed by atoms with van der Waals surface area (Å²) in [5.74, 6) is -0.877. The summed E-state index contributed by atoms with van der Waals surface area (Å²) in [5.41, 5.74) is 0. The highest BCUT2D eigenvalue weighted by atomic mass is 16.6. The lowest BCUT2D eigenvalue weighted by molar-refractivity contribution is -0.167. The van der Waals surface area contributed by atoms with E-state index in [0.29, 0.717) is 19.3 Å². The van der Waals surface area contributed by atoms with Gasteiger partial charge in [-0.15, -0.1) is 0 Å². The zero-order valence-electron chi connectivity index (χ0n) is 55.5. The lowest BCUT2D eigenvalue weighted by Crippen LogP contribution is -2.30. The molecule has 83 heavy (non-hydrogen) atoms. The average Bonchev–Trinajstić information content (AvgIpc) is 3.49. The number of carbonyl (C=O) groups is 3. The van der Waals surface area contributed by atoms with Crippen LogP contribution < -0.4 is 0 Å². The fraction of sp³-hybridized carbons (Fsp3) is 0.805. The second-order valence-corrected chi connectivity index (χ2v) is 24.5. The minimum Gasteiger partial charge on any atom is -0.462 e. The summed E-state index contributed by atoms with van der Waals surface area (Å²) in [6.45, 7) is 6.56. The van der Waals surface area contributed by atoms with E-state index in [1.807, 2.05) is 0 Å². The van der Waals surface area contributed by atoms with Gasteiger partial charge in [0.05, 0.1) is 0 Å². The van der Waals surface area contributed by atoms with Crippen molar-refractivity contribution in [2.45, 2.75) is 386 Å². The van der Waals surface area contributed by atoms with E-state index < -0.39 is 6.10 Å².